The Morgan fingerprint density at radius 2 is 1.25 bits per heavy atom. The van der Waals surface area contributed by atoms with Crippen LogP contribution in [0.15, 0.2) is 30.3 Å². The summed E-state index contributed by atoms with van der Waals surface area (Å²) in [5.41, 5.74) is -0.333. The predicted octanol–water partition coefficient (Wildman–Crippen LogP) is 0.663. The van der Waals surface area contributed by atoms with Crippen LogP contribution in [-0.4, -0.2) is 64.6 Å². The van der Waals surface area contributed by atoms with E-state index in [2.05, 4.69) is 0 Å². The molecule has 3 N–H and O–H groups in total. The van der Waals surface area contributed by atoms with Crippen LogP contribution in [0.1, 0.15) is 31.8 Å². The molecular formula is C14H10CaO5. The molecular weight excluding hydrogens is 288 g/mol. The number of carbonyl (C=O) groups excluding carboxylic acids is 2. The number of phenolic OH excluding ortho intramolecular Hbond substituents is 3. The standard InChI is InChI=1S/C14H8O5.Ca.2H/c15-8-5-9(16)14(19)11-10(8)12(17)6-3-1-2-4-7(6)13(11)18;;;/h1-5,15-16,19H;;;. The van der Waals surface area contributed by atoms with Crippen molar-refractivity contribution in [1.82, 2.24) is 0 Å². The van der Waals surface area contributed by atoms with Gasteiger partial charge in [-0.1, -0.05) is 24.3 Å². The summed E-state index contributed by atoms with van der Waals surface area (Å²) in [6.45, 7) is 0. The van der Waals surface area contributed by atoms with E-state index in [1.54, 1.807) is 12.1 Å². The molecule has 3 rings (SSSR count). The molecule has 6 heteroatoms. The first-order chi connectivity index (χ1) is 9.02. The van der Waals surface area contributed by atoms with E-state index in [1.165, 1.54) is 12.1 Å². The second kappa shape index (κ2) is 5.09. The van der Waals surface area contributed by atoms with Gasteiger partial charge in [0.05, 0.1) is 11.1 Å². The molecule has 2 aromatic rings. The molecule has 0 amide bonds. The second-order valence-electron chi connectivity index (χ2n) is 4.22. The molecule has 1 aliphatic carbocycles. The summed E-state index contributed by atoms with van der Waals surface area (Å²) >= 11 is 0. The van der Waals surface area contributed by atoms with Gasteiger partial charge < -0.3 is 15.3 Å². The maximum atomic E-state index is 12.2. The first-order valence-corrected chi connectivity index (χ1v) is 5.48. The molecule has 0 radical (unpaired) electrons. The van der Waals surface area contributed by atoms with E-state index in [0.29, 0.717) is 0 Å². The fraction of sp³-hybridized carbons (Fsp3) is 0. The molecule has 0 saturated carbocycles. The van der Waals surface area contributed by atoms with Crippen molar-refractivity contribution < 1.29 is 24.9 Å². The van der Waals surface area contributed by atoms with Crippen LogP contribution in [0, 0.1) is 0 Å². The van der Waals surface area contributed by atoms with Gasteiger partial charge in [-0.15, -0.1) is 0 Å². The van der Waals surface area contributed by atoms with Crippen molar-refractivity contribution in [1.29, 1.82) is 0 Å². The van der Waals surface area contributed by atoms with Crippen LogP contribution in [0.2, 0.25) is 0 Å². The number of hydrogen-bond acceptors (Lipinski definition) is 5. The third-order valence-electron chi connectivity index (χ3n) is 3.13. The van der Waals surface area contributed by atoms with Gasteiger partial charge in [0.1, 0.15) is 5.75 Å². The molecule has 0 bridgehead atoms. The molecule has 0 heterocycles. The number of carbonyl (C=O) groups is 2. The minimum absolute atomic E-state index is 0. The average molecular weight is 298 g/mol. The zero-order valence-corrected chi connectivity index (χ0v) is 9.54. The summed E-state index contributed by atoms with van der Waals surface area (Å²) < 4.78 is 0. The van der Waals surface area contributed by atoms with Crippen molar-refractivity contribution in [2.45, 2.75) is 0 Å². The van der Waals surface area contributed by atoms with Gasteiger partial charge in [-0.05, 0) is 0 Å². The number of fused-ring (bicyclic) bond motifs is 2. The van der Waals surface area contributed by atoms with E-state index in [9.17, 15) is 24.9 Å². The van der Waals surface area contributed by atoms with Gasteiger partial charge in [0.25, 0.3) is 0 Å². The van der Waals surface area contributed by atoms with Gasteiger partial charge in [-0.3, -0.25) is 9.59 Å². The van der Waals surface area contributed by atoms with Crippen LogP contribution in [-0.2, 0) is 0 Å². The zero-order valence-electron chi connectivity index (χ0n) is 9.54. The van der Waals surface area contributed by atoms with Gasteiger partial charge in [0.15, 0.2) is 23.1 Å². The summed E-state index contributed by atoms with van der Waals surface area (Å²) in [6.07, 6.45) is 0. The molecule has 0 spiro atoms. The molecule has 20 heavy (non-hydrogen) atoms. The number of hydrogen-bond donors (Lipinski definition) is 3. The maximum absolute atomic E-state index is 12.2. The molecule has 0 atom stereocenters. The molecule has 5 nitrogen and oxygen atoms in total. The van der Waals surface area contributed by atoms with Crippen molar-refractivity contribution in [3.63, 3.8) is 0 Å². The van der Waals surface area contributed by atoms with Crippen molar-refractivity contribution in [3.8, 4) is 17.2 Å². The second-order valence-corrected chi connectivity index (χ2v) is 4.22. The van der Waals surface area contributed by atoms with E-state index in [1.807, 2.05) is 0 Å². The molecule has 0 unspecified atom stereocenters. The Hall–Kier alpha value is -1.56. The summed E-state index contributed by atoms with van der Waals surface area (Å²) in [5, 5.41) is 28.9. The minimum atomic E-state index is -0.694. The van der Waals surface area contributed by atoms with Crippen molar-refractivity contribution in [2.24, 2.45) is 0 Å². The molecule has 2 aromatic carbocycles. The third kappa shape index (κ3) is 1.90. The van der Waals surface area contributed by atoms with Crippen molar-refractivity contribution in [2.75, 3.05) is 0 Å². The normalized spacial score (nSPS) is 12.4. The fourth-order valence-electron chi connectivity index (χ4n) is 2.24. The summed E-state index contributed by atoms with van der Waals surface area (Å²) in [5.74, 6) is -3.03. The first-order valence-electron chi connectivity index (χ1n) is 5.48. The van der Waals surface area contributed by atoms with Gasteiger partial charge in [0.2, 0.25) is 0 Å². The van der Waals surface area contributed by atoms with Gasteiger partial charge in [0, 0.05) is 17.2 Å². The van der Waals surface area contributed by atoms with Gasteiger partial charge >= 0.3 is 37.7 Å². The monoisotopic (exact) mass is 298 g/mol. The van der Waals surface area contributed by atoms with E-state index in [-0.39, 0.29) is 60.0 Å². The van der Waals surface area contributed by atoms with E-state index < -0.39 is 28.8 Å². The van der Waals surface area contributed by atoms with Gasteiger partial charge in [-0.2, -0.15) is 0 Å². The Morgan fingerprint density at radius 1 is 0.750 bits per heavy atom. The van der Waals surface area contributed by atoms with Crippen LogP contribution in [0.3, 0.4) is 0 Å². The molecule has 0 fully saturated rings. The summed E-state index contributed by atoms with van der Waals surface area (Å²) in [7, 11) is 0. The van der Waals surface area contributed by atoms with Crippen LogP contribution < -0.4 is 0 Å². The fourth-order valence-corrected chi connectivity index (χ4v) is 2.24. The molecule has 0 saturated heterocycles. The van der Waals surface area contributed by atoms with Crippen LogP contribution >= 0.6 is 0 Å². The SMILES string of the molecule is O=C1c2ccccc2C(=O)c2c(O)c(O)cc(O)c21.[CaH2]. The van der Waals surface area contributed by atoms with Crippen molar-refractivity contribution >= 4 is 49.3 Å². The Kier molecular flexibility index (Phi) is 3.77. The number of ketones is 2. The van der Waals surface area contributed by atoms with Crippen LogP contribution in [0.4, 0.5) is 0 Å². The van der Waals surface area contributed by atoms with E-state index in [0.717, 1.165) is 6.07 Å². The number of rotatable bonds is 0. The molecule has 0 aromatic heterocycles. The number of aromatic hydroxyl groups is 3. The van der Waals surface area contributed by atoms with Gasteiger partial charge in [-0.25, -0.2) is 0 Å². The summed E-state index contributed by atoms with van der Waals surface area (Å²) in [6, 6.07) is 6.97. The Balaban J connectivity index is 0.00000147. The summed E-state index contributed by atoms with van der Waals surface area (Å²) in [4.78, 5) is 24.5. The molecule has 1 aliphatic rings. The van der Waals surface area contributed by atoms with Crippen LogP contribution in [0.25, 0.3) is 0 Å². The van der Waals surface area contributed by atoms with E-state index in [4.69, 9.17) is 0 Å². The number of benzene rings is 2. The Labute approximate surface area is 143 Å². The number of phenols is 3. The topological polar surface area (TPSA) is 94.8 Å². The predicted molar refractivity (Wildman–Crippen MR) is 73.3 cm³/mol. The average Bonchev–Trinajstić information content (AvgIpc) is 2.40. The first kappa shape index (κ1) is 14.8. The van der Waals surface area contributed by atoms with E-state index >= 15 is 0 Å². The third-order valence-corrected chi connectivity index (χ3v) is 3.13. The Bertz CT molecular complexity index is 751. The quantitative estimate of drug-likeness (QED) is 0.322. The molecule has 98 valence electrons. The Morgan fingerprint density at radius 3 is 1.80 bits per heavy atom. The molecule has 0 aliphatic heterocycles. The van der Waals surface area contributed by atoms with Crippen LogP contribution in [0.5, 0.6) is 17.2 Å². The van der Waals surface area contributed by atoms with Crippen molar-refractivity contribution in [3.05, 3.63) is 52.6 Å². The zero-order chi connectivity index (χ0) is 13.7.